The number of carbonyl (C=O) groups excluding carboxylic acids is 3. The number of benzene rings is 2. The summed E-state index contributed by atoms with van der Waals surface area (Å²) in [4.78, 5) is 41.0. The van der Waals surface area contributed by atoms with Crippen LogP contribution in [-0.4, -0.2) is 46.6 Å². The summed E-state index contributed by atoms with van der Waals surface area (Å²) in [5, 5.41) is 9.28. The summed E-state index contributed by atoms with van der Waals surface area (Å²) >= 11 is 6.02. The molecule has 2 aromatic carbocycles. The van der Waals surface area contributed by atoms with E-state index in [0.29, 0.717) is 34.2 Å². The van der Waals surface area contributed by atoms with Gasteiger partial charge in [-0.1, -0.05) is 41.9 Å². The van der Waals surface area contributed by atoms with E-state index in [2.05, 4.69) is 10.4 Å². The van der Waals surface area contributed by atoms with Gasteiger partial charge in [0.2, 0.25) is 0 Å². The average molecular weight is 505 g/mol. The van der Waals surface area contributed by atoms with Crippen LogP contribution in [0, 0.1) is 0 Å². The number of ether oxygens (including phenoxy) is 1. The molecule has 4 heterocycles. The summed E-state index contributed by atoms with van der Waals surface area (Å²) in [6, 6.07) is 16.7. The third-order valence-electron chi connectivity index (χ3n) is 6.77. The van der Waals surface area contributed by atoms with Crippen molar-refractivity contribution in [3.63, 3.8) is 0 Å². The number of rotatable bonds is 4. The van der Waals surface area contributed by atoms with Crippen molar-refractivity contribution in [2.45, 2.75) is 24.4 Å². The lowest BCUT2D eigenvalue weighted by molar-refractivity contribution is -0.140. The standard InChI is InChI=1S/C26H21ClN4O5/c27-17-9-7-16(8-10-17)19-14-20(22-6-3-12-35-22)31(29-19)23(32)15-30-24(33)26(28-25(30)34)11-13-36-21-5-2-1-4-18(21)26/h1-10,12,20H,11,13-15H2,(H,28,34)/t20-,26-/m0/s1. The number of urea groups is 1. The zero-order chi connectivity index (χ0) is 24.9. The summed E-state index contributed by atoms with van der Waals surface area (Å²) in [7, 11) is 0. The van der Waals surface area contributed by atoms with Crippen molar-refractivity contribution in [3.05, 3.63) is 88.8 Å². The molecule has 36 heavy (non-hydrogen) atoms. The molecule has 10 heteroatoms. The molecule has 0 bridgehead atoms. The van der Waals surface area contributed by atoms with Gasteiger partial charge in [-0.2, -0.15) is 5.10 Å². The van der Waals surface area contributed by atoms with Crippen molar-refractivity contribution >= 4 is 35.2 Å². The summed E-state index contributed by atoms with van der Waals surface area (Å²) in [5.41, 5.74) is 0.824. The number of amides is 4. The average Bonchev–Trinajstić information content (AvgIpc) is 3.61. The molecule has 3 aliphatic rings. The molecule has 4 amide bonds. The van der Waals surface area contributed by atoms with E-state index < -0.39 is 36.0 Å². The Kier molecular flexibility index (Phi) is 5.30. The summed E-state index contributed by atoms with van der Waals surface area (Å²) in [5.74, 6) is 0.122. The third-order valence-corrected chi connectivity index (χ3v) is 7.02. The highest BCUT2D eigenvalue weighted by molar-refractivity contribution is 6.30. The van der Waals surface area contributed by atoms with Crippen LogP contribution in [0.1, 0.15) is 35.8 Å². The second-order valence-corrected chi connectivity index (χ2v) is 9.29. The van der Waals surface area contributed by atoms with Crippen LogP contribution in [0.5, 0.6) is 5.75 Å². The van der Waals surface area contributed by atoms with Crippen LogP contribution < -0.4 is 10.1 Å². The third kappa shape index (κ3) is 3.54. The predicted molar refractivity (Wildman–Crippen MR) is 129 cm³/mol. The van der Waals surface area contributed by atoms with E-state index in [4.69, 9.17) is 20.8 Å². The van der Waals surface area contributed by atoms with E-state index in [9.17, 15) is 14.4 Å². The molecule has 9 nitrogen and oxygen atoms in total. The number of hydrazone groups is 1. The molecule has 0 saturated carbocycles. The monoisotopic (exact) mass is 504 g/mol. The lowest BCUT2D eigenvalue weighted by Gasteiger charge is -2.33. The molecule has 3 aromatic rings. The van der Waals surface area contributed by atoms with Crippen LogP contribution >= 0.6 is 11.6 Å². The van der Waals surface area contributed by atoms with Gasteiger partial charge >= 0.3 is 6.03 Å². The maximum Gasteiger partial charge on any atom is 0.325 e. The lowest BCUT2D eigenvalue weighted by atomic mass is 9.84. The van der Waals surface area contributed by atoms with Crippen molar-refractivity contribution in [2.75, 3.05) is 13.2 Å². The fraction of sp³-hybridized carbons (Fsp3) is 0.231. The topological polar surface area (TPSA) is 104 Å². The first-order chi connectivity index (χ1) is 17.5. The molecule has 2 atom stereocenters. The van der Waals surface area contributed by atoms with Crippen LogP contribution in [0.2, 0.25) is 5.02 Å². The normalized spacial score (nSPS) is 22.9. The quantitative estimate of drug-likeness (QED) is 0.544. The molecule has 1 fully saturated rings. The van der Waals surface area contributed by atoms with Crippen molar-refractivity contribution in [3.8, 4) is 5.75 Å². The Bertz CT molecular complexity index is 1390. The molecule has 3 aliphatic heterocycles. The van der Waals surface area contributed by atoms with Gasteiger partial charge in [0.05, 0.1) is 18.6 Å². The molecule has 6 rings (SSSR count). The summed E-state index contributed by atoms with van der Waals surface area (Å²) < 4.78 is 11.3. The van der Waals surface area contributed by atoms with Crippen molar-refractivity contribution in [2.24, 2.45) is 5.10 Å². The molecule has 1 N–H and O–H groups in total. The van der Waals surface area contributed by atoms with E-state index >= 15 is 0 Å². The number of hydrogen-bond acceptors (Lipinski definition) is 6. The second kappa shape index (κ2) is 8.53. The second-order valence-electron chi connectivity index (χ2n) is 8.85. The Morgan fingerprint density at radius 3 is 2.69 bits per heavy atom. The molecule has 0 aliphatic carbocycles. The van der Waals surface area contributed by atoms with Gasteiger partial charge in [0.1, 0.15) is 24.1 Å². The molecular formula is C26H21ClN4O5. The van der Waals surface area contributed by atoms with E-state index in [-0.39, 0.29) is 13.0 Å². The minimum absolute atomic E-state index is 0.270. The zero-order valence-electron chi connectivity index (χ0n) is 19.0. The Morgan fingerprint density at radius 2 is 1.92 bits per heavy atom. The maximum atomic E-state index is 13.6. The Hall–Kier alpha value is -4.11. The molecule has 0 radical (unpaired) electrons. The minimum atomic E-state index is -1.25. The molecule has 0 unspecified atom stereocenters. The molecule has 1 spiro atoms. The highest BCUT2D eigenvalue weighted by Crippen LogP contribution is 2.41. The van der Waals surface area contributed by atoms with Gasteiger partial charge in [-0.05, 0) is 35.9 Å². The van der Waals surface area contributed by atoms with E-state index in [1.54, 1.807) is 48.5 Å². The minimum Gasteiger partial charge on any atom is -0.493 e. The van der Waals surface area contributed by atoms with Gasteiger partial charge in [0, 0.05) is 23.4 Å². The number of halogens is 1. The molecule has 182 valence electrons. The van der Waals surface area contributed by atoms with Gasteiger partial charge in [-0.15, -0.1) is 0 Å². The van der Waals surface area contributed by atoms with Crippen LogP contribution in [0.15, 0.2) is 76.4 Å². The van der Waals surface area contributed by atoms with Gasteiger partial charge in [-0.3, -0.25) is 14.5 Å². The van der Waals surface area contributed by atoms with Crippen LogP contribution in [0.4, 0.5) is 4.79 Å². The first kappa shape index (κ1) is 22.4. The lowest BCUT2D eigenvalue weighted by Crippen LogP contribution is -2.48. The largest absolute Gasteiger partial charge is 0.493 e. The fourth-order valence-electron chi connectivity index (χ4n) is 4.98. The molecular weight excluding hydrogens is 484 g/mol. The van der Waals surface area contributed by atoms with Gasteiger partial charge < -0.3 is 14.5 Å². The maximum absolute atomic E-state index is 13.6. The van der Waals surface area contributed by atoms with Crippen molar-refractivity contribution in [1.29, 1.82) is 0 Å². The first-order valence-corrected chi connectivity index (χ1v) is 11.9. The Morgan fingerprint density at radius 1 is 1.11 bits per heavy atom. The van der Waals surface area contributed by atoms with Crippen molar-refractivity contribution in [1.82, 2.24) is 15.2 Å². The zero-order valence-corrected chi connectivity index (χ0v) is 19.8. The van der Waals surface area contributed by atoms with Crippen molar-refractivity contribution < 1.29 is 23.5 Å². The number of imide groups is 1. The number of para-hydroxylation sites is 1. The van der Waals surface area contributed by atoms with Gasteiger partial charge in [0.25, 0.3) is 11.8 Å². The van der Waals surface area contributed by atoms with E-state index in [1.807, 2.05) is 12.1 Å². The number of nitrogens with zero attached hydrogens (tertiary/aromatic N) is 3. The van der Waals surface area contributed by atoms with Crippen LogP contribution in [0.3, 0.4) is 0 Å². The summed E-state index contributed by atoms with van der Waals surface area (Å²) in [6.07, 6.45) is 2.22. The highest BCUT2D eigenvalue weighted by atomic mass is 35.5. The molecule has 1 saturated heterocycles. The Labute approximate surface area is 211 Å². The molecule has 1 aromatic heterocycles. The van der Waals surface area contributed by atoms with E-state index in [1.165, 1.54) is 11.3 Å². The first-order valence-electron chi connectivity index (χ1n) is 11.5. The smallest absolute Gasteiger partial charge is 0.325 e. The van der Waals surface area contributed by atoms with Gasteiger partial charge in [-0.25, -0.2) is 9.80 Å². The summed E-state index contributed by atoms with van der Waals surface area (Å²) in [6.45, 7) is -0.184. The fourth-order valence-corrected chi connectivity index (χ4v) is 5.11. The highest BCUT2D eigenvalue weighted by Gasteiger charge is 2.55. The Balaban J connectivity index is 1.29. The number of fused-ring (bicyclic) bond motifs is 2. The SMILES string of the molecule is O=C1N[C@]2(CCOc3ccccc32)C(=O)N1CC(=O)N1N=C(c2ccc(Cl)cc2)C[C@H]1c1ccco1. The number of hydrogen-bond donors (Lipinski definition) is 1. The van der Waals surface area contributed by atoms with E-state index in [0.717, 1.165) is 10.5 Å². The van der Waals surface area contributed by atoms with Crippen LogP contribution in [-0.2, 0) is 15.1 Å². The number of nitrogens with one attached hydrogen (secondary N) is 1. The van der Waals surface area contributed by atoms with Gasteiger partial charge in [0.15, 0.2) is 5.54 Å². The number of furan rings is 1. The number of carbonyl (C=O) groups is 3. The predicted octanol–water partition coefficient (Wildman–Crippen LogP) is 3.84. The van der Waals surface area contributed by atoms with Crippen LogP contribution in [0.25, 0.3) is 0 Å².